The Morgan fingerprint density at radius 3 is 2.52 bits per heavy atom. The first-order valence-corrected chi connectivity index (χ1v) is 15.4. The number of nitrogens with zero attached hydrogens (tertiary/aromatic N) is 3. The fraction of sp³-hybridized carbons (Fsp3) is 0.448. The van der Waals surface area contributed by atoms with E-state index in [4.69, 9.17) is 4.74 Å². The van der Waals surface area contributed by atoms with Crippen LogP contribution in [0.5, 0.6) is 5.75 Å². The number of ether oxygens (including phenoxy) is 1. The number of benzene rings is 2. The molecule has 3 aromatic rings. The fourth-order valence-electron chi connectivity index (χ4n) is 4.89. The van der Waals surface area contributed by atoms with Crippen LogP contribution in [0.25, 0.3) is 11.0 Å². The lowest BCUT2D eigenvalue weighted by Gasteiger charge is -2.34. The maximum atomic E-state index is 13.4. The molecule has 42 heavy (non-hydrogen) atoms. The van der Waals surface area contributed by atoms with Crippen molar-refractivity contribution >= 4 is 32.5 Å². The number of methoxy groups -OCH3 is 1. The summed E-state index contributed by atoms with van der Waals surface area (Å²) in [5, 5.41) is 6.04. The number of aromatic nitrogens is 2. The normalized spacial score (nSPS) is 15.0. The number of likely N-dealkylation sites (tertiary alicyclic amines) is 1. The Hall–Kier alpha value is -3.76. The highest BCUT2D eigenvalue weighted by Gasteiger charge is 2.30. The number of anilines is 1. The first-order valence-electron chi connectivity index (χ1n) is 13.5. The minimum Gasteiger partial charge on any atom is -0.495 e. The number of piperidine rings is 1. The Bertz CT molecular complexity index is 1620. The van der Waals surface area contributed by atoms with Crippen LogP contribution in [0.4, 0.5) is 18.9 Å². The van der Waals surface area contributed by atoms with E-state index >= 15 is 0 Å². The van der Waals surface area contributed by atoms with Gasteiger partial charge in [-0.2, -0.15) is 13.2 Å². The first-order chi connectivity index (χ1) is 19.7. The number of alkyl halides is 3. The van der Waals surface area contributed by atoms with Gasteiger partial charge >= 0.3 is 6.18 Å². The molecule has 2 heterocycles. The van der Waals surface area contributed by atoms with Gasteiger partial charge < -0.3 is 24.8 Å². The van der Waals surface area contributed by atoms with Gasteiger partial charge in [0.05, 0.1) is 41.6 Å². The predicted molar refractivity (Wildman–Crippen MR) is 154 cm³/mol. The smallest absolute Gasteiger partial charge is 0.406 e. The number of nitrogens with one attached hydrogen (secondary N) is 2. The fourth-order valence-corrected chi connectivity index (χ4v) is 5.54. The number of carbonyl (C=O) groups is 1. The van der Waals surface area contributed by atoms with Crippen molar-refractivity contribution in [2.75, 3.05) is 38.3 Å². The van der Waals surface area contributed by atoms with E-state index in [1.807, 2.05) is 0 Å². The Balaban J connectivity index is 1.60. The number of rotatable bonds is 8. The molecule has 4 rings (SSSR count). The summed E-state index contributed by atoms with van der Waals surface area (Å²) < 4.78 is 69.9. The lowest BCUT2D eigenvalue weighted by Crippen LogP contribution is -2.46. The minimum absolute atomic E-state index is 0.0589. The summed E-state index contributed by atoms with van der Waals surface area (Å²) in [6.07, 6.45) is -0.767. The lowest BCUT2D eigenvalue weighted by atomic mass is 10.0. The van der Waals surface area contributed by atoms with Crippen LogP contribution in [0.1, 0.15) is 42.6 Å². The zero-order valence-corrected chi connectivity index (χ0v) is 24.7. The van der Waals surface area contributed by atoms with E-state index in [2.05, 4.69) is 46.2 Å². The molecule has 1 fully saturated rings. The zero-order chi connectivity index (χ0) is 30.7. The van der Waals surface area contributed by atoms with Gasteiger partial charge in [-0.15, -0.1) is 0 Å². The van der Waals surface area contributed by atoms with Gasteiger partial charge in [-0.05, 0) is 57.0 Å². The van der Waals surface area contributed by atoms with Crippen molar-refractivity contribution in [3.8, 4) is 17.6 Å². The molecule has 0 saturated carbocycles. The standard InChI is InChI=1S/C29H34F3N5O4S/c1-19(2)36-12-9-21(10-13-36)35-28(38)23-14-20(15-25-27(23)34-18-37(25)17-29(30,31)32)6-5-11-33-24-16-22(42(4,39)40)7-8-26(24)41-3/h7-8,14-16,18-19,21,33H,9-13,17H2,1-4H3,(H,35,38). The number of fused-ring (bicyclic) bond motifs is 1. The third kappa shape index (κ3) is 7.74. The second-order valence-corrected chi connectivity index (χ2v) is 12.6. The van der Waals surface area contributed by atoms with Crippen molar-refractivity contribution in [1.82, 2.24) is 19.8 Å². The maximum absolute atomic E-state index is 13.4. The highest BCUT2D eigenvalue weighted by molar-refractivity contribution is 7.90. The molecule has 0 atom stereocenters. The van der Waals surface area contributed by atoms with E-state index in [1.54, 1.807) is 0 Å². The number of halogens is 3. The van der Waals surface area contributed by atoms with Crippen LogP contribution in [0.2, 0.25) is 0 Å². The predicted octanol–water partition coefficient (Wildman–Crippen LogP) is 4.08. The minimum atomic E-state index is -4.48. The average molecular weight is 606 g/mol. The number of amides is 1. The molecular weight excluding hydrogens is 571 g/mol. The molecule has 0 bridgehead atoms. The second kappa shape index (κ2) is 12.6. The summed E-state index contributed by atoms with van der Waals surface area (Å²) in [7, 11) is -2.00. The summed E-state index contributed by atoms with van der Waals surface area (Å²) in [6.45, 7) is 4.74. The van der Waals surface area contributed by atoms with Crippen LogP contribution >= 0.6 is 0 Å². The Morgan fingerprint density at radius 2 is 1.90 bits per heavy atom. The third-order valence-corrected chi connectivity index (χ3v) is 8.22. The topological polar surface area (TPSA) is 106 Å². The number of hydrogen-bond donors (Lipinski definition) is 2. The van der Waals surface area contributed by atoms with Gasteiger partial charge in [-0.25, -0.2) is 13.4 Å². The molecule has 0 radical (unpaired) electrons. The molecule has 2 aromatic carbocycles. The molecule has 13 heteroatoms. The SMILES string of the molecule is COc1ccc(S(C)(=O)=O)cc1NCC#Cc1cc(C(=O)NC2CCN(C(C)C)CC2)c2ncn(CC(F)(F)F)c2c1. The van der Waals surface area contributed by atoms with Crippen LogP contribution < -0.4 is 15.4 Å². The highest BCUT2D eigenvalue weighted by atomic mass is 32.2. The maximum Gasteiger partial charge on any atom is 0.406 e. The summed E-state index contributed by atoms with van der Waals surface area (Å²) in [5.74, 6) is 5.80. The summed E-state index contributed by atoms with van der Waals surface area (Å²) >= 11 is 0. The first kappa shape index (κ1) is 31.2. The Morgan fingerprint density at radius 1 is 1.19 bits per heavy atom. The van der Waals surface area contributed by atoms with Crippen molar-refractivity contribution in [2.24, 2.45) is 0 Å². The zero-order valence-electron chi connectivity index (χ0n) is 23.9. The monoisotopic (exact) mass is 605 g/mol. The molecule has 0 aliphatic carbocycles. The van der Waals surface area contributed by atoms with Gasteiger partial charge in [-0.3, -0.25) is 4.79 Å². The van der Waals surface area contributed by atoms with Crippen LogP contribution in [-0.4, -0.2) is 80.0 Å². The van der Waals surface area contributed by atoms with Crippen molar-refractivity contribution in [3.05, 3.63) is 47.8 Å². The van der Waals surface area contributed by atoms with E-state index in [0.29, 0.717) is 23.0 Å². The molecule has 9 nitrogen and oxygen atoms in total. The second-order valence-electron chi connectivity index (χ2n) is 10.5. The molecule has 1 aliphatic heterocycles. The van der Waals surface area contributed by atoms with Crippen LogP contribution in [0.15, 0.2) is 41.6 Å². The van der Waals surface area contributed by atoms with Crippen LogP contribution in [-0.2, 0) is 16.4 Å². The number of carbonyl (C=O) groups excluding carboxylic acids is 1. The molecule has 0 spiro atoms. The van der Waals surface area contributed by atoms with Gasteiger partial charge in [0, 0.05) is 37.0 Å². The van der Waals surface area contributed by atoms with Crippen LogP contribution in [0.3, 0.4) is 0 Å². The Kier molecular flexibility index (Phi) is 9.37. The van der Waals surface area contributed by atoms with E-state index in [1.165, 1.54) is 37.4 Å². The van der Waals surface area contributed by atoms with Gasteiger partial charge in [0.25, 0.3) is 5.91 Å². The molecule has 1 amide bonds. The average Bonchev–Trinajstić information content (AvgIpc) is 3.31. The molecule has 1 aromatic heterocycles. The van der Waals surface area contributed by atoms with E-state index < -0.39 is 28.5 Å². The number of hydrogen-bond acceptors (Lipinski definition) is 7. The molecule has 1 aliphatic rings. The number of imidazole rings is 1. The molecule has 1 saturated heterocycles. The summed E-state index contributed by atoms with van der Waals surface area (Å²) in [6, 6.07) is 7.76. The van der Waals surface area contributed by atoms with Gasteiger partial charge in [-0.1, -0.05) is 11.8 Å². The Labute approximate surface area is 243 Å². The van der Waals surface area contributed by atoms with Crippen molar-refractivity contribution in [1.29, 1.82) is 0 Å². The van der Waals surface area contributed by atoms with Crippen molar-refractivity contribution in [3.63, 3.8) is 0 Å². The molecular formula is C29H34F3N5O4S. The third-order valence-electron chi connectivity index (χ3n) is 7.11. The van der Waals surface area contributed by atoms with Crippen molar-refractivity contribution in [2.45, 2.75) is 56.4 Å². The largest absolute Gasteiger partial charge is 0.495 e. The lowest BCUT2D eigenvalue weighted by molar-refractivity contribution is -0.139. The highest BCUT2D eigenvalue weighted by Crippen LogP contribution is 2.28. The summed E-state index contributed by atoms with van der Waals surface area (Å²) in [4.78, 5) is 19.9. The summed E-state index contributed by atoms with van der Waals surface area (Å²) in [5.41, 5.74) is 1.22. The van der Waals surface area contributed by atoms with Crippen LogP contribution in [0, 0.1) is 11.8 Å². The molecule has 0 unspecified atom stereocenters. The molecule has 226 valence electrons. The molecule has 2 N–H and O–H groups in total. The quantitative estimate of drug-likeness (QED) is 0.373. The van der Waals surface area contributed by atoms with Gasteiger partial charge in [0.15, 0.2) is 9.84 Å². The van der Waals surface area contributed by atoms with Gasteiger partial charge in [0.2, 0.25) is 0 Å². The van der Waals surface area contributed by atoms with Gasteiger partial charge in [0.1, 0.15) is 17.8 Å². The van der Waals surface area contributed by atoms with E-state index in [0.717, 1.165) is 43.1 Å². The number of sulfone groups is 1. The van der Waals surface area contributed by atoms with E-state index in [9.17, 15) is 26.4 Å². The van der Waals surface area contributed by atoms with Crippen molar-refractivity contribution < 1.29 is 31.1 Å². The van der Waals surface area contributed by atoms with E-state index in [-0.39, 0.29) is 34.1 Å².